The molecule has 0 bridgehead atoms. The molecular weight excluding hydrogens is 408 g/mol. The van der Waals surface area contributed by atoms with Gasteiger partial charge in [-0.25, -0.2) is 0 Å². The molecule has 0 aromatic heterocycles. The van der Waals surface area contributed by atoms with Crippen LogP contribution >= 0.6 is 0 Å². The van der Waals surface area contributed by atoms with E-state index in [9.17, 15) is 0 Å². The van der Waals surface area contributed by atoms with Gasteiger partial charge < -0.3 is 0 Å². The lowest BCUT2D eigenvalue weighted by Gasteiger charge is -2.06. The molecule has 0 radical (unpaired) electrons. The third kappa shape index (κ3) is 6.11. The Kier molecular flexibility index (Phi) is 7.40. The normalized spacial score (nSPS) is 10.4. The van der Waals surface area contributed by atoms with Gasteiger partial charge in [-0.05, 0) is 61.1 Å². The second kappa shape index (κ2) is 10.8. The van der Waals surface area contributed by atoms with E-state index in [1.54, 1.807) is 0 Å². The van der Waals surface area contributed by atoms with Crippen molar-refractivity contribution in [1.82, 2.24) is 0 Å². The molecule has 5 aromatic rings. The maximum atomic E-state index is 2.19. The first-order valence-electron chi connectivity index (χ1n) is 11.9. The van der Waals surface area contributed by atoms with Crippen LogP contribution in [0.3, 0.4) is 0 Å². The van der Waals surface area contributed by atoms with E-state index < -0.39 is 0 Å². The Hall–Kier alpha value is -3.90. The summed E-state index contributed by atoms with van der Waals surface area (Å²) in [6.07, 6.45) is 0. The zero-order valence-electron chi connectivity index (χ0n) is 20.5. The van der Waals surface area contributed by atoms with E-state index in [0.717, 1.165) is 0 Å². The zero-order chi connectivity index (χ0) is 23.9. The van der Waals surface area contributed by atoms with Crippen molar-refractivity contribution in [3.05, 3.63) is 144 Å². The maximum absolute atomic E-state index is 2.19. The van der Waals surface area contributed by atoms with Crippen LogP contribution in [0.25, 0.3) is 33.4 Å². The molecule has 0 spiro atoms. The molecular formula is C34H32. The molecule has 0 saturated heterocycles. The Morgan fingerprint density at radius 3 is 0.471 bits per heavy atom. The van der Waals surface area contributed by atoms with Crippen LogP contribution in [-0.2, 0) is 0 Å². The first-order chi connectivity index (χ1) is 16.5. The van der Waals surface area contributed by atoms with Crippen molar-refractivity contribution in [3.8, 4) is 33.4 Å². The van der Waals surface area contributed by atoms with E-state index in [0.29, 0.717) is 0 Å². The zero-order valence-corrected chi connectivity index (χ0v) is 20.5. The highest BCUT2D eigenvalue weighted by atomic mass is 14.0. The van der Waals surface area contributed by atoms with Crippen LogP contribution in [0.2, 0.25) is 0 Å². The molecule has 0 unspecified atom stereocenters. The van der Waals surface area contributed by atoms with Crippen molar-refractivity contribution in [2.45, 2.75) is 27.7 Å². The van der Waals surface area contributed by atoms with Gasteiger partial charge in [-0.2, -0.15) is 0 Å². The number of hydrogen-bond acceptors (Lipinski definition) is 0. The fraction of sp³-hybridized carbons (Fsp3) is 0.118. The second-order valence-corrected chi connectivity index (χ2v) is 9.04. The lowest BCUT2D eigenvalue weighted by atomic mass is 9.99. The summed E-state index contributed by atoms with van der Waals surface area (Å²) in [6.45, 7) is 8.45. The molecule has 0 aliphatic heterocycles. The van der Waals surface area contributed by atoms with Crippen molar-refractivity contribution in [1.29, 1.82) is 0 Å². The fourth-order valence-corrected chi connectivity index (χ4v) is 3.84. The van der Waals surface area contributed by atoms with Gasteiger partial charge in [0.15, 0.2) is 0 Å². The number of benzene rings is 5. The van der Waals surface area contributed by atoms with Gasteiger partial charge >= 0.3 is 0 Å². The fourth-order valence-electron chi connectivity index (χ4n) is 3.84. The molecule has 0 heterocycles. The lowest BCUT2D eigenvalue weighted by Crippen LogP contribution is -1.81. The summed E-state index contributed by atoms with van der Waals surface area (Å²) in [5, 5.41) is 0. The Balaban J connectivity index is 0.000000172. The predicted octanol–water partition coefficient (Wildman–Crippen LogP) is 9.61. The summed E-state index contributed by atoms with van der Waals surface area (Å²) in [5.41, 5.74) is 12.8. The van der Waals surface area contributed by atoms with Crippen molar-refractivity contribution < 1.29 is 0 Å². The first-order valence-corrected chi connectivity index (χ1v) is 11.9. The van der Waals surface area contributed by atoms with Crippen LogP contribution < -0.4 is 0 Å². The molecule has 0 amide bonds. The van der Waals surface area contributed by atoms with E-state index >= 15 is 0 Å². The molecule has 0 nitrogen and oxygen atoms in total. The van der Waals surface area contributed by atoms with Gasteiger partial charge in [-0.1, -0.05) is 144 Å². The summed E-state index contributed by atoms with van der Waals surface area (Å²) in [5.74, 6) is 0. The van der Waals surface area contributed by atoms with Crippen LogP contribution in [0.5, 0.6) is 0 Å². The van der Waals surface area contributed by atoms with E-state index in [1.807, 2.05) is 0 Å². The standard InChI is InChI=1S/C20H18.C14H14/c1-15-3-7-17(8-4-15)19-11-13-20(14-12-19)18-9-5-16(2)6-10-18;1-11-3-7-13(8-4-11)14-9-5-12(2)6-10-14/h3-14H,1-2H3;3-10H,1-2H3. The smallest absolute Gasteiger partial charge is 0.0184 e. The summed E-state index contributed by atoms with van der Waals surface area (Å²) in [4.78, 5) is 0. The van der Waals surface area contributed by atoms with E-state index in [-0.39, 0.29) is 0 Å². The number of rotatable bonds is 3. The summed E-state index contributed by atoms with van der Waals surface area (Å²) in [6, 6.07) is 43.4. The topological polar surface area (TPSA) is 0 Å². The van der Waals surface area contributed by atoms with Crippen molar-refractivity contribution in [2.24, 2.45) is 0 Å². The minimum atomic E-state index is 1.26. The molecule has 5 aromatic carbocycles. The van der Waals surface area contributed by atoms with Gasteiger partial charge in [-0.15, -0.1) is 0 Å². The minimum absolute atomic E-state index is 1.26. The van der Waals surface area contributed by atoms with E-state index in [2.05, 4.69) is 149 Å². The molecule has 0 aliphatic rings. The third-order valence-corrected chi connectivity index (χ3v) is 6.09. The monoisotopic (exact) mass is 440 g/mol. The van der Waals surface area contributed by atoms with E-state index in [4.69, 9.17) is 0 Å². The number of aryl methyl sites for hydroxylation is 4. The molecule has 0 N–H and O–H groups in total. The van der Waals surface area contributed by atoms with Crippen LogP contribution in [0, 0.1) is 27.7 Å². The van der Waals surface area contributed by atoms with Crippen LogP contribution in [-0.4, -0.2) is 0 Å². The van der Waals surface area contributed by atoms with Crippen LogP contribution in [0.4, 0.5) is 0 Å². The quantitative estimate of drug-likeness (QED) is 0.262. The SMILES string of the molecule is Cc1ccc(-c2ccc(-c3ccc(C)cc3)cc2)cc1.Cc1ccc(-c2ccc(C)cc2)cc1. The summed E-state index contributed by atoms with van der Waals surface area (Å²) < 4.78 is 0. The molecule has 168 valence electrons. The Morgan fingerprint density at radius 2 is 0.324 bits per heavy atom. The van der Waals surface area contributed by atoms with Crippen molar-refractivity contribution >= 4 is 0 Å². The summed E-state index contributed by atoms with van der Waals surface area (Å²) >= 11 is 0. The first kappa shape index (κ1) is 23.3. The van der Waals surface area contributed by atoms with Crippen molar-refractivity contribution in [3.63, 3.8) is 0 Å². The molecule has 0 heteroatoms. The van der Waals surface area contributed by atoms with Gasteiger partial charge in [-0.3, -0.25) is 0 Å². The molecule has 0 saturated carbocycles. The Morgan fingerprint density at radius 1 is 0.206 bits per heavy atom. The highest BCUT2D eigenvalue weighted by Crippen LogP contribution is 2.25. The molecule has 0 aliphatic carbocycles. The highest BCUT2D eigenvalue weighted by molar-refractivity contribution is 5.70. The van der Waals surface area contributed by atoms with Crippen LogP contribution in [0.15, 0.2) is 121 Å². The van der Waals surface area contributed by atoms with Gasteiger partial charge in [0.2, 0.25) is 0 Å². The Labute approximate surface area is 204 Å². The average molecular weight is 441 g/mol. The van der Waals surface area contributed by atoms with Gasteiger partial charge in [0.25, 0.3) is 0 Å². The Bertz CT molecular complexity index is 1200. The van der Waals surface area contributed by atoms with Crippen LogP contribution in [0.1, 0.15) is 22.3 Å². The van der Waals surface area contributed by atoms with Gasteiger partial charge in [0, 0.05) is 0 Å². The molecule has 0 fully saturated rings. The lowest BCUT2D eigenvalue weighted by molar-refractivity contribution is 1.45. The minimum Gasteiger partial charge on any atom is -0.0587 e. The van der Waals surface area contributed by atoms with Crippen molar-refractivity contribution in [2.75, 3.05) is 0 Å². The van der Waals surface area contributed by atoms with E-state index in [1.165, 1.54) is 55.6 Å². The predicted molar refractivity (Wildman–Crippen MR) is 148 cm³/mol. The summed E-state index contributed by atoms with van der Waals surface area (Å²) in [7, 11) is 0. The van der Waals surface area contributed by atoms with Gasteiger partial charge in [0.1, 0.15) is 0 Å². The largest absolute Gasteiger partial charge is 0.0587 e. The molecule has 34 heavy (non-hydrogen) atoms. The maximum Gasteiger partial charge on any atom is -0.0184 e. The molecule has 5 rings (SSSR count). The molecule has 0 atom stereocenters. The number of hydrogen-bond donors (Lipinski definition) is 0. The second-order valence-electron chi connectivity index (χ2n) is 9.04. The third-order valence-electron chi connectivity index (χ3n) is 6.09. The van der Waals surface area contributed by atoms with Gasteiger partial charge in [0.05, 0.1) is 0 Å². The average Bonchev–Trinajstić information content (AvgIpc) is 2.87. The highest BCUT2D eigenvalue weighted by Gasteiger charge is 2.00.